The molecule has 0 amide bonds. The quantitative estimate of drug-likeness (QED) is 0.0195. The van der Waals surface area contributed by atoms with E-state index in [1.807, 2.05) is 12.1 Å². The molecular weight excluding hydrogens is 785 g/mol. The lowest BCUT2D eigenvalue weighted by molar-refractivity contribution is -0.139. The number of ether oxygens (including phenoxy) is 8. The van der Waals surface area contributed by atoms with Gasteiger partial charge in [0.2, 0.25) is 0 Å². The molecule has 10 heteroatoms. The molecule has 0 saturated carbocycles. The molecule has 0 aliphatic carbocycles. The van der Waals surface area contributed by atoms with E-state index in [1.165, 1.54) is 0 Å². The molecule has 0 fully saturated rings. The molecule has 62 heavy (non-hydrogen) atoms. The monoisotopic (exact) mass is 857 g/mol. The second-order valence-electron chi connectivity index (χ2n) is 15.6. The van der Waals surface area contributed by atoms with E-state index in [4.69, 9.17) is 37.9 Å². The summed E-state index contributed by atoms with van der Waals surface area (Å²) in [5.41, 5.74) is 0. The van der Waals surface area contributed by atoms with Gasteiger partial charge in [-0.1, -0.05) is 118 Å². The molecule has 0 unspecified atom stereocenters. The molecule has 10 nitrogen and oxygen atoms in total. The topological polar surface area (TPSA) is 108 Å². The Labute approximate surface area is 370 Å². The predicted molar refractivity (Wildman–Crippen MR) is 251 cm³/mol. The maximum absolute atomic E-state index is 11.8. The molecule has 0 aromatic heterocycles. The van der Waals surface area contributed by atoms with Gasteiger partial charge in [0.05, 0.1) is 26.4 Å². The number of unbranched alkanes of at least 4 members (excludes halogenated alkanes) is 12. The van der Waals surface area contributed by atoms with Gasteiger partial charge in [-0.15, -0.1) is 0 Å². The first kappa shape index (κ1) is 49.5. The van der Waals surface area contributed by atoms with Gasteiger partial charge in [-0.25, -0.2) is 9.59 Å². The zero-order chi connectivity index (χ0) is 44.4. The van der Waals surface area contributed by atoms with Crippen LogP contribution >= 0.6 is 0 Å². The molecular formula is C52H72O10. The second kappa shape index (κ2) is 28.5. The highest BCUT2D eigenvalue weighted by Crippen LogP contribution is 2.47. The van der Waals surface area contributed by atoms with Crippen molar-refractivity contribution in [2.24, 2.45) is 0 Å². The third-order valence-corrected chi connectivity index (χ3v) is 10.6. The average molecular weight is 857 g/mol. The van der Waals surface area contributed by atoms with Gasteiger partial charge in [-0.2, -0.15) is 0 Å². The summed E-state index contributed by atoms with van der Waals surface area (Å²) in [4.78, 5) is 23.7. The van der Waals surface area contributed by atoms with Crippen molar-refractivity contribution in [2.45, 2.75) is 130 Å². The Balaban J connectivity index is 1.97. The first-order valence-electron chi connectivity index (χ1n) is 23.3. The first-order chi connectivity index (χ1) is 30.4. The fourth-order valence-corrected chi connectivity index (χ4v) is 7.24. The van der Waals surface area contributed by atoms with E-state index in [1.54, 1.807) is 0 Å². The molecule has 0 atom stereocenters. The van der Waals surface area contributed by atoms with Gasteiger partial charge >= 0.3 is 11.9 Å². The van der Waals surface area contributed by atoms with Crippen LogP contribution in [0.4, 0.5) is 0 Å². The maximum Gasteiger partial charge on any atom is 0.330 e. The Morgan fingerprint density at radius 2 is 0.581 bits per heavy atom. The van der Waals surface area contributed by atoms with Crippen molar-refractivity contribution in [1.82, 2.24) is 0 Å². The van der Waals surface area contributed by atoms with Crippen LogP contribution in [0.15, 0.2) is 61.7 Å². The Bertz CT molecular complexity index is 1860. The smallest absolute Gasteiger partial charge is 0.330 e. The molecule has 0 N–H and O–H groups in total. The van der Waals surface area contributed by atoms with Crippen molar-refractivity contribution < 1.29 is 47.5 Å². The fourth-order valence-electron chi connectivity index (χ4n) is 7.24. The van der Waals surface area contributed by atoms with Crippen LogP contribution in [0.2, 0.25) is 0 Å². The molecule has 0 spiro atoms. The summed E-state index contributed by atoms with van der Waals surface area (Å²) in [6, 6.07) is 12.3. The molecule has 0 aliphatic rings. The zero-order valence-corrected chi connectivity index (χ0v) is 38.1. The SMILES string of the molecule is C=CC(=O)OCCOc1cc2c3cc(OCCCCCC)c(OCCCCCC)cc3c3cc(OCCCCCC)c(OCCCCCC)cc3c2cc1OCCOC(=O)C=C. The van der Waals surface area contributed by atoms with Gasteiger partial charge in [0.15, 0.2) is 34.5 Å². The highest BCUT2D eigenvalue weighted by molar-refractivity contribution is 6.26. The summed E-state index contributed by atoms with van der Waals surface area (Å²) in [7, 11) is 0. The molecule has 0 bridgehead atoms. The van der Waals surface area contributed by atoms with Gasteiger partial charge in [0.1, 0.15) is 26.4 Å². The van der Waals surface area contributed by atoms with Crippen LogP contribution < -0.4 is 28.4 Å². The number of benzene rings is 4. The molecule has 4 aromatic carbocycles. The molecule has 4 rings (SSSR count). The van der Waals surface area contributed by atoms with Crippen LogP contribution in [-0.4, -0.2) is 64.8 Å². The van der Waals surface area contributed by atoms with Gasteiger partial charge < -0.3 is 37.9 Å². The number of hydrogen-bond acceptors (Lipinski definition) is 10. The molecule has 340 valence electrons. The summed E-state index contributed by atoms with van der Waals surface area (Å²) < 4.78 is 49.3. The number of hydrogen-bond donors (Lipinski definition) is 0. The van der Waals surface area contributed by atoms with E-state index in [2.05, 4.69) is 65.1 Å². The molecule has 0 saturated heterocycles. The third kappa shape index (κ3) is 15.7. The van der Waals surface area contributed by atoms with Crippen molar-refractivity contribution >= 4 is 44.3 Å². The summed E-state index contributed by atoms with van der Waals surface area (Å²) in [5.74, 6) is 2.57. The number of carbonyl (C=O) groups excluding carboxylic acids is 2. The zero-order valence-electron chi connectivity index (χ0n) is 38.1. The lowest BCUT2D eigenvalue weighted by atomic mass is 9.93. The van der Waals surface area contributed by atoms with Gasteiger partial charge in [-0.05, 0) is 94.4 Å². The molecule has 0 heterocycles. The highest BCUT2D eigenvalue weighted by atomic mass is 16.6. The van der Waals surface area contributed by atoms with Crippen molar-refractivity contribution in [3.05, 3.63) is 61.7 Å². The Morgan fingerprint density at radius 3 is 0.790 bits per heavy atom. The number of fused-ring (bicyclic) bond motifs is 6. The van der Waals surface area contributed by atoms with E-state index < -0.39 is 11.9 Å². The summed E-state index contributed by atoms with van der Waals surface area (Å²) in [6.45, 7) is 18.3. The lowest BCUT2D eigenvalue weighted by Crippen LogP contribution is -2.13. The summed E-state index contributed by atoms with van der Waals surface area (Å²) in [5, 5.41) is 5.59. The van der Waals surface area contributed by atoms with Crippen LogP contribution in [0.25, 0.3) is 32.3 Å². The molecule has 0 aliphatic heterocycles. The average Bonchev–Trinajstić information content (AvgIpc) is 3.28. The fraction of sp³-hybridized carbons (Fsp3) is 0.538. The minimum atomic E-state index is -0.539. The standard InChI is InChI=1S/C52H72O10/c1-7-13-17-21-25-55-45-33-39-40-34-46(56-26-22-18-14-8-2)48(58-28-24-20-16-10-4)36-42(40)44-38-50(60-30-32-62-52(54)12-6)49(59-29-31-61-51(53)11-5)37-43(44)41(39)35-47(45)57-27-23-19-15-9-3/h11-12,33-38H,5-10,13-32H2,1-4H3. The predicted octanol–water partition coefficient (Wildman–Crippen LogP) is 13.2. The van der Waals surface area contributed by atoms with Gasteiger partial charge in [-0.3, -0.25) is 0 Å². The van der Waals surface area contributed by atoms with Crippen molar-refractivity contribution in [3.63, 3.8) is 0 Å². The van der Waals surface area contributed by atoms with E-state index in [9.17, 15) is 9.59 Å². The van der Waals surface area contributed by atoms with E-state index in [-0.39, 0.29) is 26.4 Å². The Hall–Kier alpha value is -5.12. The molecule has 4 aromatic rings. The van der Waals surface area contributed by atoms with Gasteiger partial charge in [0.25, 0.3) is 0 Å². The molecule has 0 radical (unpaired) electrons. The van der Waals surface area contributed by atoms with Crippen molar-refractivity contribution in [3.8, 4) is 34.5 Å². The van der Waals surface area contributed by atoms with E-state index in [0.29, 0.717) is 60.9 Å². The van der Waals surface area contributed by atoms with Crippen LogP contribution in [0, 0.1) is 0 Å². The van der Waals surface area contributed by atoms with Crippen molar-refractivity contribution in [2.75, 3.05) is 52.9 Å². The highest BCUT2D eigenvalue weighted by Gasteiger charge is 2.21. The van der Waals surface area contributed by atoms with Crippen LogP contribution in [0.5, 0.6) is 34.5 Å². The lowest BCUT2D eigenvalue weighted by Gasteiger charge is -2.21. The van der Waals surface area contributed by atoms with E-state index in [0.717, 1.165) is 147 Å². The van der Waals surface area contributed by atoms with Crippen LogP contribution in [0.3, 0.4) is 0 Å². The van der Waals surface area contributed by atoms with Crippen LogP contribution in [-0.2, 0) is 19.1 Å². The maximum atomic E-state index is 11.8. The van der Waals surface area contributed by atoms with Gasteiger partial charge in [0, 0.05) is 12.2 Å². The first-order valence-corrected chi connectivity index (χ1v) is 23.3. The number of esters is 2. The minimum absolute atomic E-state index is 0.00684. The Morgan fingerprint density at radius 1 is 0.355 bits per heavy atom. The van der Waals surface area contributed by atoms with Crippen molar-refractivity contribution in [1.29, 1.82) is 0 Å². The summed E-state index contributed by atoms with van der Waals surface area (Å²) >= 11 is 0. The normalized spacial score (nSPS) is 11.1. The Kier molecular flexibility index (Phi) is 22.7. The number of carbonyl (C=O) groups is 2. The summed E-state index contributed by atoms with van der Waals surface area (Å²) in [6.07, 6.45) is 19.6. The number of rotatable bonds is 34. The largest absolute Gasteiger partial charge is 0.490 e. The van der Waals surface area contributed by atoms with E-state index >= 15 is 0 Å². The third-order valence-electron chi connectivity index (χ3n) is 10.6. The second-order valence-corrected chi connectivity index (χ2v) is 15.6. The van der Waals surface area contributed by atoms with Crippen LogP contribution in [0.1, 0.15) is 130 Å². The minimum Gasteiger partial charge on any atom is -0.490 e.